The van der Waals surface area contributed by atoms with E-state index in [-0.39, 0.29) is 15.7 Å². The lowest BCUT2D eigenvalue weighted by molar-refractivity contribution is 0.203. The molecule has 2 amide bonds. The Bertz CT molecular complexity index is 979. The summed E-state index contributed by atoms with van der Waals surface area (Å²) in [5.74, 6) is 0.290. The highest BCUT2D eigenvalue weighted by atomic mass is 32.2. The van der Waals surface area contributed by atoms with Gasteiger partial charge in [0.05, 0.1) is 13.7 Å². The summed E-state index contributed by atoms with van der Waals surface area (Å²) < 4.78 is 36.8. The van der Waals surface area contributed by atoms with Crippen molar-refractivity contribution in [2.24, 2.45) is 0 Å². The Hall–Kier alpha value is -2.68. The Morgan fingerprint density at radius 3 is 2.70 bits per heavy atom. The first-order chi connectivity index (χ1) is 12.8. The molecule has 0 radical (unpaired) electrons. The van der Waals surface area contributed by atoms with Gasteiger partial charge in [-0.3, -0.25) is 5.32 Å². The fourth-order valence-electron chi connectivity index (χ4n) is 2.12. The molecule has 2 heterocycles. The zero-order chi connectivity index (χ0) is 20.0. The summed E-state index contributed by atoms with van der Waals surface area (Å²) in [5, 5.41) is 11.2. The topological polar surface area (TPSA) is 130 Å². The first-order valence-corrected chi connectivity index (χ1v) is 9.97. The maximum Gasteiger partial charge on any atom is 0.334 e. The summed E-state index contributed by atoms with van der Waals surface area (Å²) in [4.78, 5) is 16.8. The van der Waals surface area contributed by atoms with Gasteiger partial charge in [0.1, 0.15) is 27.5 Å². The molecule has 0 atom stereocenters. The minimum atomic E-state index is -4.05. The quantitative estimate of drug-likeness (QED) is 0.714. The molecule has 2 rings (SSSR count). The standard InChI is InChI=1S/C16H18N4O5S2/c1-10-6-15(26-13(10)4-5-24-2)27(22,23)20-16(21)19-14-8-12(25-3)7-11(9-17)18-14/h6-8H,4-5H2,1-3H3,(H2,18,19,20,21). The molecule has 27 heavy (non-hydrogen) atoms. The van der Waals surface area contributed by atoms with Crippen LogP contribution < -0.4 is 14.8 Å². The lowest BCUT2D eigenvalue weighted by Crippen LogP contribution is -2.34. The molecule has 0 unspecified atom stereocenters. The van der Waals surface area contributed by atoms with Crippen molar-refractivity contribution in [1.29, 1.82) is 5.26 Å². The van der Waals surface area contributed by atoms with Gasteiger partial charge >= 0.3 is 6.03 Å². The summed E-state index contributed by atoms with van der Waals surface area (Å²) in [5.41, 5.74) is 0.829. The number of nitrogens with zero attached hydrogens (tertiary/aromatic N) is 2. The highest BCUT2D eigenvalue weighted by Gasteiger charge is 2.22. The molecule has 0 aliphatic heterocycles. The highest BCUT2D eigenvalue weighted by molar-refractivity contribution is 7.92. The molecule has 9 nitrogen and oxygen atoms in total. The number of aromatic nitrogens is 1. The number of carbonyl (C=O) groups is 1. The maximum absolute atomic E-state index is 12.4. The Labute approximate surface area is 161 Å². The van der Waals surface area contributed by atoms with Gasteiger partial charge in [-0.2, -0.15) is 5.26 Å². The van der Waals surface area contributed by atoms with E-state index in [4.69, 9.17) is 14.7 Å². The van der Waals surface area contributed by atoms with Crippen LogP contribution in [0.5, 0.6) is 5.75 Å². The number of methoxy groups -OCH3 is 2. The molecule has 0 aromatic carbocycles. The smallest absolute Gasteiger partial charge is 0.334 e. The van der Waals surface area contributed by atoms with E-state index in [1.165, 1.54) is 25.3 Å². The van der Waals surface area contributed by atoms with Crippen LogP contribution in [0.15, 0.2) is 22.4 Å². The minimum absolute atomic E-state index is 0.0123. The Balaban J connectivity index is 2.14. The van der Waals surface area contributed by atoms with Crippen LogP contribution in [0.4, 0.5) is 10.6 Å². The van der Waals surface area contributed by atoms with E-state index in [2.05, 4.69) is 10.3 Å². The molecule has 11 heteroatoms. The largest absolute Gasteiger partial charge is 0.497 e. The van der Waals surface area contributed by atoms with Crippen LogP contribution >= 0.6 is 11.3 Å². The Morgan fingerprint density at radius 1 is 1.33 bits per heavy atom. The number of hydrogen-bond acceptors (Lipinski definition) is 8. The molecule has 0 fully saturated rings. The van der Waals surface area contributed by atoms with Crippen molar-refractivity contribution < 1.29 is 22.7 Å². The molecule has 2 aromatic heterocycles. The predicted octanol–water partition coefficient (Wildman–Crippen LogP) is 2.03. The number of rotatable bonds is 7. The summed E-state index contributed by atoms with van der Waals surface area (Å²) in [6.45, 7) is 2.27. The Morgan fingerprint density at radius 2 is 2.07 bits per heavy atom. The SMILES string of the molecule is COCCc1sc(S(=O)(=O)NC(=O)Nc2cc(OC)cc(C#N)n2)cc1C. The van der Waals surface area contributed by atoms with Gasteiger partial charge in [0.25, 0.3) is 10.0 Å². The van der Waals surface area contributed by atoms with E-state index < -0.39 is 16.1 Å². The monoisotopic (exact) mass is 410 g/mol. The molecule has 0 spiro atoms. The van der Waals surface area contributed by atoms with Crippen molar-refractivity contribution in [3.05, 3.63) is 34.3 Å². The van der Waals surface area contributed by atoms with E-state index in [9.17, 15) is 13.2 Å². The molecule has 0 bridgehead atoms. The molecule has 0 saturated heterocycles. The van der Waals surface area contributed by atoms with E-state index >= 15 is 0 Å². The van der Waals surface area contributed by atoms with Crippen LogP contribution in [0, 0.1) is 18.3 Å². The van der Waals surface area contributed by atoms with Gasteiger partial charge < -0.3 is 9.47 Å². The van der Waals surface area contributed by atoms with E-state index in [1.54, 1.807) is 14.0 Å². The predicted molar refractivity (Wildman–Crippen MR) is 99.5 cm³/mol. The van der Waals surface area contributed by atoms with Crippen molar-refractivity contribution in [3.8, 4) is 11.8 Å². The maximum atomic E-state index is 12.4. The van der Waals surface area contributed by atoms with Crippen LogP contribution in [-0.2, 0) is 21.2 Å². The third-order valence-corrected chi connectivity index (χ3v) is 6.52. The van der Waals surface area contributed by atoms with E-state index in [0.29, 0.717) is 18.8 Å². The van der Waals surface area contributed by atoms with Crippen molar-refractivity contribution >= 4 is 33.2 Å². The van der Waals surface area contributed by atoms with Crippen molar-refractivity contribution in [2.45, 2.75) is 17.6 Å². The van der Waals surface area contributed by atoms with Gasteiger partial charge in [-0.1, -0.05) is 0 Å². The van der Waals surface area contributed by atoms with Crippen LogP contribution in [0.25, 0.3) is 0 Å². The third kappa shape index (κ3) is 5.40. The second-order valence-electron chi connectivity index (χ2n) is 5.36. The van der Waals surface area contributed by atoms with Gasteiger partial charge in [0, 0.05) is 30.5 Å². The Kier molecular flexibility index (Phi) is 6.73. The lowest BCUT2D eigenvalue weighted by atomic mass is 10.2. The molecule has 2 aromatic rings. The summed E-state index contributed by atoms with van der Waals surface area (Å²) in [6, 6.07) is 5.08. The number of pyridine rings is 1. The number of hydrogen-bond donors (Lipinski definition) is 2. The van der Waals surface area contributed by atoms with Crippen molar-refractivity contribution in [1.82, 2.24) is 9.71 Å². The second kappa shape index (κ2) is 8.81. The van der Waals surface area contributed by atoms with Crippen molar-refractivity contribution in [3.63, 3.8) is 0 Å². The number of anilines is 1. The molecular weight excluding hydrogens is 392 g/mol. The second-order valence-corrected chi connectivity index (χ2v) is 8.41. The average Bonchev–Trinajstić information content (AvgIpc) is 3.00. The zero-order valence-electron chi connectivity index (χ0n) is 14.9. The normalized spacial score (nSPS) is 10.9. The number of aryl methyl sites for hydroxylation is 1. The number of ether oxygens (including phenoxy) is 2. The van der Waals surface area contributed by atoms with Crippen molar-refractivity contribution in [2.75, 3.05) is 26.1 Å². The summed E-state index contributed by atoms with van der Waals surface area (Å²) in [6.07, 6.45) is 0.583. The molecule has 0 aliphatic carbocycles. The lowest BCUT2D eigenvalue weighted by Gasteiger charge is -2.08. The van der Waals surface area contributed by atoms with Crippen LogP contribution in [0.1, 0.15) is 16.1 Å². The third-order valence-electron chi connectivity index (χ3n) is 3.41. The molecular formula is C16H18N4O5S2. The zero-order valence-corrected chi connectivity index (χ0v) is 16.5. The average molecular weight is 410 g/mol. The fraction of sp³-hybridized carbons (Fsp3) is 0.312. The number of thiophene rings is 1. The number of urea groups is 1. The van der Waals surface area contributed by atoms with E-state index in [0.717, 1.165) is 21.8 Å². The van der Waals surface area contributed by atoms with Gasteiger partial charge in [-0.25, -0.2) is 22.9 Å². The molecule has 144 valence electrons. The van der Waals surface area contributed by atoms with Crippen LogP contribution in [-0.4, -0.2) is 40.3 Å². The first kappa shape index (κ1) is 20.6. The van der Waals surface area contributed by atoms with Gasteiger partial charge in [-0.05, 0) is 18.6 Å². The summed E-state index contributed by atoms with van der Waals surface area (Å²) >= 11 is 1.08. The highest BCUT2D eigenvalue weighted by Crippen LogP contribution is 2.26. The van der Waals surface area contributed by atoms with Crippen LogP contribution in [0.3, 0.4) is 0 Å². The number of nitrogens with one attached hydrogen (secondary N) is 2. The fourth-order valence-corrected chi connectivity index (χ4v) is 4.60. The number of amides is 2. The number of nitriles is 1. The number of carbonyl (C=O) groups excluding carboxylic acids is 1. The van der Waals surface area contributed by atoms with E-state index in [1.807, 2.05) is 10.8 Å². The van der Waals surface area contributed by atoms with Gasteiger partial charge in [0.15, 0.2) is 0 Å². The summed E-state index contributed by atoms with van der Waals surface area (Å²) in [7, 11) is -1.09. The molecule has 0 saturated carbocycles. The first-order valence-electron chi connectivity index (χ1n) is 7.67. The van der Waals surface area contributed by atoms with Gasteiger partial charge in [0.2, 0.25) is 0 Å². The molecule has 2 N–H and O–H groups in total. The molecule has 0 aliphatic rings. The van der Waals surface area contributed by atoms with Crippen LogP contribution in [0.2, 0.25) is 0 Å². The van der Waals surface area contributed by atoms with Gasteiger partial charge in [-0.15, -0.1) is 11.3 Å². The number of sulfonamides is 1. The minimum Gasteiger partial charge on any atom is -0.497 e.